The van der Waals surface area contributed by atoms with E-state index in [1.54, 1.807) is 34.4 Å². The molecule has 0 radical (unpaired) electrons. The number of nitrogens with zero attached hydrogens (tertiary/aromatic N) is 3. The summed E-state index contributed by atoms with van der Waals surface area (Å²) in [7, 11) is 0. The molecule has 2 N–H and O–H groups in total. The van der Waals surface area contributed by atoms with E-state index in [2.05, 4.69) is 62.4 Å². The van der Waals surface area contributed by atoms with Gasteiger partial charge in [0.15, 0.2) is 9.47 Å². The first-order valence-electron chi connectivity index (χ1n) is 8.84. The minimum atomic E-state index is 0.305. The van der Waals surface area contributed by atoms with Gasteiger partial charge in [-0.1, -0.05) is 40.8 Å². The third-order valence-corrected chi connectivity index (χ3v) is 6.96. The summed E-state index contributed by atoms with van der Waals surface area (Å²) in [5.41, 5.74) is 3.35. The zero-order valence-electron chi connectivity index (χ0n) is 15.0. The van der Waals surface area contributed by atoms with Crippen LogP contribution in [-0.2, 0) is 10.5 Å². The second-order valence-electron chi connectivity index (χ2n) is 6.31. The van der Waals surface area contributed by atoms with Gasteiger partial charge in [0, 0.05) is 30.0 Å². The van der Waals surface area contributed by atoms with E-state index in [9.17, 15) is 0 Å². The van der Waals surface area contributed by atoms with Gasteiger partial charge in [-0.05, 0) is 31.9 Å². The third-order valence-electron chi connectivity index (χ3n) is 4.11. The third kappa shape index (κ3) is 5.41. The minimum Gasteiger partial charge on any atom is -0.376 e. The molecule has 0 unspecified atom stereocenters. The van der Waals surface area contributed by atoms with Crippen LogP contribution < -0.4 is 10.6 Å². The molecule has 9 heteroatoms. The summed E-state index contributed by atoms with van der Waals surface area (Å²) in [6, 6.07) is 8.31. The van der Waals surface area contributed by atoms with Crippen molar-refractivity contribution in [2.45, 2.75) is 36.0 Å². The van der Waals surface area contributed by atoms with Crippen LogP contribution in [0.15, 0.2) is 34.0 Å². The highest BCUT2D eigenvalue weighted by Crippen LogP contribution is 2.30. The van der Waals surface area contributed by atoms with E-state index in [1.165, 1.54) is 5.56 Å². The predicted molar refractivity (Wildman–Crippen MR) is 114 cm³/mol. The molecule has 1 atom stereocenters. The average Bonchev–Trinajstić information content (AvgIpc) is 3.42. The van der Waals surface area contributed by atoms with Gasteiger partial charge >= 0.3 is 0 Å². The molecule has 2 aromatic heterocycles. The van der Waals surface area contributed by atoms with Crippen LogP contribution in [0.4, 0.5) is 16.0 Å². The fraction of sp³-hybridized carbons (Fsp3) is 0.389. The molecule has 1 aliphatic heterocycles. The SMILES string of the molecule is Cc1ccc(Nc2nc(CSc3nnc(NC[C@@H]4CCCO4)s3)cs2)cc1. The molecule has 6 nitrogen and oxygen atoms in total. The highest BCUT2D eigenvalue weighted by molar-refractivity contribution is 8.00. The quantitative estimate of drug-likeness (QED) is 0.502. The summed E-state index contributed by atoms with van der Waals surface area (Å²) in [5.74, 6) is 0.784. The number of rotatable bonds is 8. The number of hydrogen-bond acceptors (Lipinski definition) is 9. The number of aromatic nitrogens is 3. The zero-order valence-corrected chi connectivity index (χ0v) is 17.4. The van der Waals surface area contributed by atoms with Crippen LogP contribution in [0.5, 0.6) is 0 Å². The molecule has 1 aliphatic rings. The highest BCUT2D eigenvalue weighted by atomic mass is 32.2. The van der Waals surface area contributed by atoms with Crippen molar-refractivity contribution in [1.29, 1.82) is 0 Å². The lowest BCUT2D eigenvalue weighted by Crippen LogP contribution is -2.18. The Morgan fingerprint density at radius 3 is 2.93 bits per heavy atom. The largest absolute Gasteiger partial charge is 0.376 e. The van der Waals surface area contributed by atoms with Crippen molar-refractivity contribution in [1.82, 2.24) is 15.2 Å². The minimum absolute atomic E-state index is 0.305. The maximum absolute atomic E-state index is 5.61. The number of thioether (sulfide) groups is 1. The van der Waals surface area contributed by atoms with Crippen molar-refractivity contribution in [2.24, 2.45) is 0 Å². The van der Waals surface area contributed by atoms with Crippen molar-refractivity contribution < 1.29 is 4.74 Å². The zero-order chi connectivity index (χ0) is 18.5. The lowest BCUT2D eigenvalue weighted by Gasteiger charge is -2.08. The fourth-order valence-electron chi connectivity index (χ4n) is 2.67. The van der Waals surface area contributed by atoms with Crippen LogP contribution in [0.1, 0.15) is 24.1 Å². The molecule has 0 spiro atoms. The van der Waals surface area contributed by atoms with Crippen molar-refractivity contribution in [3.63, 3.8) is 0 Å². The molecule has 1 aromatic carbocycles. The van der Waals surface area contributed by atoms with Gasteiger partial charge in [-0.3, -0.25) is 0 Å². The maximum Gasteiger partial charge on any atom is 0.206 e. The molecule has 142 valence electrons. The lowest BCUT2D eigenvalue weighted by atomic mass is 10.2. The van der Waals surface area contributed by atoms with Crippen LogP contribution in [-0.4, -0.2) is 34.4 Å². The maximum atomic E-state index is 5.61. The number of benzene rings is 1. The summed E-state index contributed by atoms with van der Waals surface area (Å²) in [5, 5.41) is 19.0. The van der Waals surface area contributed by atoms with Gasteiger partial charge in [0.1, 0.15) is 0 Å². The Labute approximate surface area is 170 Å². The smallest absolute Gasteiger partial charge is 0.206 e. The second kappa shape index (κ2) is 9.01. The topological polar surface area (TPSA) is 72.0 Å². The van der Waals surface area contributed by atoms with Gasteiger partial charge in [0.25, 0.3) is 0 Å². The van der Waals surface area contributed by atoms with E-state index >= 15 is 0 Å². The van der Waals surface area contributed by atoms with Crippen molar-refractivity contribution >= 4 is 50.4 Å². The van der Waals surface area contributed by atoms with Gasteiger partial charge in [-0.2, -0.15) is 0 Å². The summed E-state index contributed by atoms with van der Waals surface area (Å²) in [6.45, 7) is 3.76. The summed E-state index contributed by atoms with van der Waals surface area (Å²) < 4.78 is 6.56. The number of ether oxygens (including phenoxy) is 1. The van der Waals surface area contributed by atoms with Crippen LogP contribution in [0.3, 0.4) is 0 Å². The number of thiazole rings is 1. The normalized spacial score (nSPS) is 16.6. The molecule has 3 heterocycles. The molecule has 0 saturated carbocycles. The Hall–Kier alpha value is -1.68. The number of aryl methyl sites for hydroxylation is 1. The Morgan fingerprint density at radius 1 is 1.22 bits per heavy atom. The molecular weight excluding hydrogens is 398 g/mol. The molecule has 1 saturated heterocycles. The van der Waals surface area contributed by atoms with Gasteiger partial charge in [-0.25, -0.2) is 4.98 Å². The van der Waals surface area contributed by atoms with Crippen LogP contribution >= 0.6 is 34.4 Å². The van der Waals surface area contributed by atoms with Crippen molar-refractivity contribution in [2.75, 3.05) is 23.8 Å². The first kappa shape index (κ1) is 18.7. The van der Waals surface area contributed by atoms with Crippen LogP contribution in [0.2, 0.25) is 0 Å². The summed E-state index contributed by atoms with van der Waals surface area (Å²) in [6.07, 6.45) is 2.58. The van der Waals surface area contributed by atoms with Crippen molar-refractivity contribution in [3.05, 3.63) is 40.9 Å². The Bertz CT molecular complexity index is 858. The molecule has 0 aliphatic carbocycles. The summed E-state index contributed by atoms with van der Waals surface area (Å²) >= 11 is 4.86. The van der Waals surface area contributed by atoms with Gasteiger partial charge in [0.2, 0.25) is 5.13 Å². The Kier molecular flexibility index (Phi) is 6.23. The first-order chi connectivity index (χ1) is 13.2. The number of hydrogen-bond donors (Lipinski definition) is 2. The van der Waals surface area contributed by atoms with Crippen LogP contribution in [0.25, 0.3) is 0 Å². The van der Waals surface area contributed by atoms with Gasteiger partial charge < -0.3 is 15.4 Å². The second-order valence-corrected chi connectivity index (χ2v) is 9.37. The van der Waals surface area contributed by atoms with Crippen molar-refractivity contribution in [3.8, 4) is 0 Å². The molecule has 0 bridgehead atoms. The lowest BCUT2D eigenvalue weighted by molar-refractivity contribution is 0.120. The van der Waals surface area contributed by atoms with E-state index < -0.39 is 0 Å². The molecule has 3 aromatic rings. The number of anilines is 3. The van der Waals surface area contributed by atoms with E-state index in [4.69, 9.17) is 4.74 Å². The molecule has 27 heavy (non-hydrogen) atoms. The average molecular weight is 420 g/mol. The van der Waals surface area contributed by atoms with Gasteiger partial charge in [0.05, 0.1) is 11.8 Å². The summed E-state index contributed by atoms with van der Waals surface area (Å²) in [4.78, 5) is 4.65. The van der Waals surface area contributed by atoms with E-state index in [-0.39, 0.29) is 0 Å². The Balaban J connectivity index is 1.25. The predicted octanol–water partition coefficient (Wildman–Crippen LogP) is 4.93. The fourth-order valence-corrected chi connectivity index (χ4v) is 5.16. The van der Waals surface area contributed by atoms with E-state index in [0.717, 1.165) is 57.7 Å². The first-order valence-corrected chi connectivity index (χ1v) is 11.5. The Morgan fingerprint density at radius 2 is 2.11 bits per heavy atom. The molecule has 1 fully saturated rings. The van der Waals surface area contributed by atoms with Gasteiger partial charge in [-0.15, -0.1) is 21.5 Å². The molecule has 0 amide bonds. The molecular formula is C18H21N5OS3. The monoisotopic (exact) mass is 419 g/mol. The van der Waals surface area contributed by atoms with E-state index in [1.807, 2.05) is 0 Å². The van der Waals surface area contributed by atoms with E-state index in [0.29, 0.717) is 6.10 Å². The number of nitrogens with one attached hydrogen (secondary N) is 2. The van der Waals surface area contributed by atoms with Crippen LogP contribution in [0, 0.1) is 6.92 Å². The molecule has 4 rings (SSSR count). The standard InChI is InChI=1S/C18H21N5OS3/c1-12-4-6-13(7-5-12)20-17-21-14(10-25-17)11-26-18-23-22-16(27-18)19-9-15-3-2-8-24-15/h4-7,10,15H,2-3,8-9,11H2,1H3,(H,19,22)(H,20,21)/t15-/m0/s1. The highest BCUT2D eigenvalue weighted by Gasteiger charge is 2.16.